The molecule has 1 amide bonds. The fourth-order valence-corrected chi connectivity index (χ4v) is 1.81. The molecule has 18 heavy (non-hydrogen) atoms. The molecule has 0 bridgehead atoms. The number of amides is 1. The third-order valence-corrected chi connectivity index (χ3v) is 3.14. The van der Waals surface area contributed by atoms with Crippen molar-refractivity contribution in [3.8, 4) is 5.75 Å². The van der Waals surface area contributed by atoms with Crippen LogP contribution in [0.1, 0.15) is 19.4 Å². The van der Waals surface area contributed by atoms with Crippen molar-refractivity contribution in [2.24, 2.45) is 4.99 Å². The van der Waals surface area contributed by atoms with E-state index in [1.807, 2.05) is 38.1 Å². The van der Waals surface area contributed by atoms with Crippen molar-refractivity contribution in [2.75, 3.05) is 14.2 Å². The van der Waals surface area contributed by atoms with Gasteiger partial charge in [-0.15, -0.1) is 0 Å². The molecule has 0 spiro atoms. The zero-order chi connectivity index (χ0) is 13.3. The number of nitrogens with zero attached hydrogens (tertiary/aromatic N) is 2. The number of likely N-dealkylation sites (N-methyl/N-ethyl adjacent to an activating group) is 1. The van der Waals surface area contributed by atoms with Gasteiger partial charge in [-0.25, -0.2) is 4.99 Å². The monoisotopic (exact) mass is 244 g/mol. The third kappa shape index (κ3) is 2.01. The summed E-state index contributed by atoms with van der Waals surface area (Å²) in [4.78, 5) is 17.9. The number of hydrogen-bond acceptors (Lipinski definition) is 3. The highest BCUT2D eigenvalue weighted by atomic mass is 16.5. The Balaban J connectivity index is 2.41. The summed E-state index contributed by atoms with van der Waals surface area (Å²) < 4.78 is 5.11. The van der Waals surface area contributed by atoms with Gasteiger partial charge < -0.3 is 4.74 Å². The van der Waals surface area contributed by atoms with Crippen molar-refractivity contribution in [3.63, 3.8) is 0 Å². The second kappa shape index (κ2) is 4.64. The molecule has 4 nitrogen and oxygen atoms in total. The Morgan fingerprint density at radius 3 is 2.33 bits per heavy atom. The van der Waals surface area contributed by atoms with Crippen molar-refractivity contribution in [1.29, 1.82) is 0 Å². The lowest BCUT2D eigenvalue weighted by molar-refractivity contribution is -0.121. The van der Waals surface area contributed by atoms with E-state index in [2.05, 4.69) is 4.99 Å². The van der Waals surface area contributed by atoms with Gasteiger partial charge in [-0.2, -0.15) is 0 Å². The maximum atomic E-state index is 12.0. The van der Waals surface area contributed by atoms with Crippen molar-refractivity contribution in [2.45, 2.75) is 13.8 Å². The summed E-state index contributed by atoms with van der Waals surface area (Å²) >= 11 is 0. The summed E-state index contributed by atoms with van der Waals surface area (Å²) in [5.74, 6) is 1.47. The molecule has 0 aliphatic carbocycles. The topological polar surface area (TPSA) is 41.9 Å². The number of rotatable bonds is 2. The molecule has 0 aromatic heterocycles. The summed E-state index contributed by atoms with van der Waals surface area (Å²) in [5.41, 5.74) is 2.37. The van der Waals surface area contributed by atoms with Crippen LogP contribution in [0, 0.1) is 0 Å². The van der Waals surface area contributed by atoms with E-state index in [0.29, 0.717) is 5.70 Å². The standard InChI is InChI=1S/C14H16N2O2/c1-9(11-5-7-12(18-4)8-6-11)13-14(17)16(3)10(2)15-13/h5-8H,1-4H3/b13-9-. The van der Waals surface area contributed by atoms with Crippen LogP contribution < -0.4 is 4.74 Å². The van der Waals surface area contributed by atoms with Gasteiger partial charge in [0.05, 0.1) is 7.11 Å². The Morgan fingerprint density at radius 2 is 1.89 bits per heavy atom. The minimum absolute atomic E-state index is 0.0548. The van der Waals surface area contributed by atoms with Crippen LogP contribution in [0.15, 0.2) is 35.0 Å². The smallest absolute Gasteiger partial charge is 0.277 e. The van der Waals surface area contributed by atoms with Crippen molar-refractivity contribution in [3.05, 3.63) is 35.5 Å². The zero-order valence-electron chi connectivity index (χ0n) is 11.0. The minimum Gasteiger partial charge on any atom is -0.497 e. The molecular weight excluding hydrogens is 228 g/mol. The second-order valence-electron chi connectivity index (χ2n) is 4.23. The van der Waals surface area contributed by atoms with Gasteiger partial charge in [-0.3, -0.25) is 9.69 Å². The Hall–Kier alpha value is -2.10. The van der Waals surface area contributed by atoms with E-state index in [0.717, 1.165) is 22.7 Å². The van der Waals surface area contributed by atoms with Crippen molar-refractivity contribution < 1.29 is 9.53 Å². The summed E-state index contributed by atoms with van der Waals surface area (Å²) in [6.07, 6.45) is 0. The van der Waals surface area contributed by atoms with Gasteiger partial charge in [-0.05, 0) is 37.1 Å². The summed E-state index contributed by atoms with van der Waals surface area (Å²) in [5, 5.41) is 0. The number of aliphatic imine (C=N–C) groups is 1. The van der Waals surface area contributed by atoms with Crippen LogP contribution >= 0.6 is 0 Å². The van der Waals surface area contributed by atoms with E-state index < -0.39 is 0 Å². The first-order valence-electron chi connectivity index (χ1n) is 5.73. The fraction of sp³-hybridized carbons (Fsp3) is 0.286. The molecule has 0 saturated heterocycles. The highest BCUT2D eigenvalue weighted by Crippen LogP contribution is 2.25. The van der Waals surface area contributed by atoms with E-state index in [-0.39, 0.29) is 5.91 Å². The number of carbonyl (C=O) groups is 1. The molecule has 0 N–H and O–H groups in total. The molecule has 0 saturated carbocycles. The molecule has 1 aliphatic rings. The molecule has 4 heteroatoms. The molecule has 0 radical (unpaired) electrons. The average Bonchev–Trinajstić information content (AvgIpc) is 2.66. The minimum atomic E-state index is -0.0548. The largest absolute Gasteiger partial charge is 0.497 e. The summed E-state index contributed by atoms with van der Waals surface area (Å²) in [7, 11) is 3.36. The molecule has 0 fully saturated rings. The molecule has 1 aromatic carbocycles. The van der Waals surface area contributed by atoms with Crippen LogP contribution in [-0.4, -0.2) is 30.8 Å². The lowest BCUT2D eigenvalue weighted by Crippen LogP contribution is -2.25. The number of methoxy groups -OCH3 is 1. The Bertz CT molecular complexity index is 541. The summed E-state index contributed by atoms with van der Waals surface area (Å²) in [6.45, 7) is 3.73. The lowest BCUT2D eigenvalue weighted by atomic mass is 10.1. The van der Waals surface area contributed by atoms with Crippen LogP contribution in [0.3, 0.4) is 0 Å². The number of benzene rings is 1. The van der Waals surface area contributed by atoms with Crippen LogP contribution in [0.2, 0.25) is 0 Å². The average molecular weight is 244 g/mol. The van der Waals surface area contributed by atoms with Gasteiger partial charge in [0, 0.05) is 7.05 Å². The predicted molar refractivity (Wildman–Crippen MR) is 71.5 cm³/mol. The van der Waals surface area contributed by atoms with Gasteiger partial charge in [0.15, 0.2) is 0 Å². The maximum Gasteiger partial charge on any atom is 0.277 e. The van der Waals surface area contributed by atoms with Crippen LogP contribution in [0.5, 0.6) is 5.75 Å². The van der Waals surface area contributed by atoms with E-state index in [1.54, 1.807) is 19.1 Å². The summed E-state index contributed by atoms with van der Waals surface area (Å²) in [6, 6.07) is 7.60. The van der Waals surface area contributed by atoms with Gasteiger partial charge in [0.2, 0.25) is 0 Å². The van der Waals surface area contributed by atoms with Crippen LogP contribution in [0.25, 0.3) is 5.57 Å². The molecule has 1 heterocycles. The Kier molecular flexibility index (Phi) is 3.19. The van der Waals surface area contributed by atoms with Gasteiger partial charge in [0.25, 0.3) is 5.91 Å². The Labute approximate surface area is 107 Å². The van der Waals surface area contributed by atoms with Gasteiger partial charge in [-0.1, -0.05) is 12.1 Å². The number of hydrogen-bond donors (Lipinski definition) is 0. The SMILES string of the molecule is COc1ccc(/C(C)=C2\N=C(C)N(C)C2=O)cc1. The van der Waals surface area contributed by atoms with E-state index in [1.165, 1.54) is 0 Å². The van der Waals surface area contributed by atoms with E-state index >= 15 is 0 Å². The van der Waals surface area contributed by atoms with Crippen LogP contribution in [-0.2, 0) is 4.79 Å². The predicted octanol–water partition coefficient (Wildman–Crippen LogP) is 2.32. The first kappa shape index (κ1) is 12.4. The number of allylic oxidation sites excluding steroid dienone is 1. The Morgan fingerprint density at radius 1 is 1.28 bits per heavy atom. The first-order chi connectivity index (χ1) is 8.54. The van der Waals surface area contributed by atoms with Crippen LogP contribution in [0.4, 0.5) is 0 Å². The normalized spacial score (nSPS) is 17.9. The van der Waals surface area contributed by atoms with Crippen molar-refractivity contribution >= 4 is 17.3 Å². The first-order valence-corrected chi connectivity index (χ1v) is 5.73. The third-order valence-electron chi connectivity index (χ3n) is 3.14. The highest BCUT2D eigenvalue weighted by Gasteiger charge is 2.25. The van der Waals surface area contributed by atoms with E-state index in [9.17, 15) is 4.79 Å². The van der Waals surface area contributed by atoms with E-state index in [4.69, 9.17) is 4.74 Å². The zero-order valence-corrected chi connectivity index (χ0v) is 11.0. The maximum absolute atomic E-state index is 12.0. The molecule has 1 aromatic rings. The number of amidine groups is 1. The van der Waals surface area contributed by atoms with Gasteiger partial charge in [0.1, 0.15) is 17.3 Å². The number of ether oxygens (including phenoxy) is 1. The second-order valence-corrected chi connectivity index (χ2v) is 4.23. The molecule has 2 rings (SSSR count). The molecule has 94 valence electrons. The molecular formula is C14H16N2O2. The molecule has 0 atom stereocenters. The lowest BCUT2D eigenvalue weighted by Gasteiger charge is -2.08. The fourth-order valence-electron chi connectivity index (χ4n) is 1.81. The molecule has 1 aliphatic heterocycles. The highest BCUT2D eigenvalue weighted by molar-refractivity contribution is 6.14. The molecule has 0 unspecified atom stereocenters. The van der Waals surface area contributed by atoms with Gasteiger partial charge >= 0.3 is 0 Å². The quantitative estimate of drug-likeness (QED) is 0.749. The number of carbonyl (C=O) groups excluding carboxylic acids is 1. The van der Waals surface area contributed by atoms with Crippen molar-refractivity contribution in [1.82, 2.24) is 4.90 Å².